The fraction of sp³-hybridized carbons (Fsp3) is 0.923. The molecule has 0 heterocycles. The van der Waals surface area contributed by atoms with Crippen LogP contribution in [0.15, 0.2) is 0 Å². The maximum absolute atomic E-state index is 11.6. The molecule has 0 aliphatic carbocycles. The second kappa shape index (κ2) is 6.50. The van der Waals surface area contributed by atoms with Crippen LogP contribution < -0.4 is 5.73 Å². The van der Waals surface area contributed by atoms with Crippen molar-refractivity contribution in [3.8, 4) is 0 Å². The smallest absolute Gasteiger partial charge is 0.323 e. The number of aliphatic hydroxyl groups is 1. The average molecular weight is 261 g/mol. The molecular weight excluding hydrogens is 234 g/mol. The summed E-state index contributed by atoms with van der Waals surface area (Å²) in [6, 6.07) is -0.734. The van der Waals surface area contributed by atoms with Crippen molar-refractivity contribution in [2.75, 3.05) is 0 Å². The topological polar surface area (TPSA) is 81.8 Å². The second-order valence-electron chi connectivity index (χ2n) is 6.40. The number of carbonyl (C=O) groups excluding carboxylic acids is 1. The Morgan fingerprint density at radius 1 is 1.11 bits per heavy atom. The lowest BCUT2D eigenvalue weighted by molar-refractivity contribution is -0.171. The van der Waals surface area contributed by atoms with E-state index in [2.05, 4.69) is 0 Å². The van der Waals surface area contributed by atoms with E-state index in [4.69, 9.17) is 15.2 Å². The van der Waals surface area contributed by atoms with Crippen molar-refractivity contribution in [2.24, 2.45) is 5.73 Å². The molecule has 108 valence electrons. The van der Waals surface area contributed by atoms with E-state index in [0.717, 1.165) is 0 Å². The maximum atomic E-state index is 11.6. The number of esters is 1. The summed E-state index contributed by atoms with van der Waals surface area (Å²) in [4.78, 5) is 11.6. The fourth-order valence-corrected chi connectivity index (χ4v) is 1.28. The SMILES string of the molecule is CC(C)(C)OC(=O)C(N)CCC(O)OC(C)(C)C. The second-order valence-corrected chi connectivity index (χ2v) is 6.40. The zero-order chi connectivity index (χ0) is 14.6. The third-order valence-corrected chi connectivity index (χ3v) is 1.92. The van der Waals surface area contributed by atoms with E-state index in [1.165, 1.54) is 0 Å². The quantitative estimate of drug-likeness (QED) is 0.580. The number of hydrogen-bond donors (Lipinski definition) is 2. The molecule has 5 heteroatoms. The van der Waals surface area contributed by atoms with Gasteiger partial charge < -0.3 is 20.3 Å². The van der Waals surface area contributed by atoms with Crippen LogP contribution in [-0.2, 0) is 14.3 Å². The number of nitrogens with two attached hydrogens (primary N) is 1. The molecule has 0 aliphatic heterocycles. The van der Waals surface area contributed by atoms with Gasteiger partial charge in [0.1, 0.15) is 11.6 Å². The molecule has 0 saturated heterocycles. The molecular formula is C13H27NO4. The molecule has 0 aromatic rings. The lowest BCUT2D eigenvalue weighted by atomic mass is 10.1. The molecule has 0 rings (SSSR count). The summed E-state index contributed by atoms with van der Waals surface area (Å²) in [5, 5.41) is 9.62. The van der Waals surface area contributed by atoms with E-state index in [0.29, 0.717) is 12.8 Å². The molecule has 3 N–H and O–H groups in total. The molecule has 0 fully saturated rings. The first-order valence-corrected chi connectivity index (χ1v) is 6.25. The van der Waals surface area contributed by atoms with Crippen LogP contribution in [0.2, 0.25) is 0 Å². The highest BCUT2D eigenvalue weighted by Crippen LogP contribution is 2.14. The van der Waals surface area contributed by atoms with Crippen molar-refractivity contribution in [3.05, 3.63) is 0 Å². The van der Waals surface area contributed by atoms with Crippen LogP contribution in [0.5, 0.6) is 0 Å². The van der Waals surface area contributed by atoms with Gasteiger partial charge in [0.25, 0.3) is 0 Å². The first-order chi connectivity index (χ1) is 7.91. The Hall–Kier alpha value is -0.650. The van der Waals surface area contributed by atoms with Crippen molar-refractivity contribution >= 4 is 5.97 Å². The number of hydrogen-bond acceptors (Lipinski definition) is 5. The summed E-state index contributed by atoms with van der Waals surface area (Å²) in [6.45, 7) is 10.9. The monoisotopic (exact) mass is 261 g/mol. The molecule has 0 spiro atoms. The van der Waals surface area contributed by atoms with E-state index in [1.54, 1.807) is 20.8 Å². The highest BCUT2D eigenvalue weighted by Gasteiger charge is 2.24. The molecule has 2 atom stereocenters. The van der Waals surface area contributed by atoms with Gasteiger partial charge in [0, 0.05) is 6.42 Å². The summed E-state index contributed by atoms with van der Waals surface area (Å²) in [5.74, 6) is -0.453. The minimum Gasteiger partial charge on any atom is -0.459 e. The van der Waals surface area contributed by atoms with Crippen molar-refractivity contribution in [3.63, 3.8) is 0 Å². The summed E-state index contributed by atoms with van der Waals surface area (Å²) in [5.41, 5.74) is 4.73. The number of ether oxygens (including phenoxy) is 2. The Morgan fingerprint density at radius 2 is 1.61 bits per heavy atom. The Balaban J connectivity index is 4.03. The lowest BCUT2D eigenvalue weighted by Crippen LogP contribution is -2.38. The van der Waals surface area contributed by atoms with Gasteiger partial charge >= 0.3 is 5.97 Å². The van der Waals surface area contributed by atoms with Gasteiger partial charge in [0.2, 0.25) is 0 Å². The molecule has 0 aromatic carbocycles. The molecule has 0 aliphatic rings. The van der Waals surface area contributed by atoms with Crippen molar-refractivity contribution in [1.29, 1.82) is 0 Å². The van der Waals surface area contributed by atoms with Crippen molar-refractivity contribution in [2.45, 2.75) is 77.9 Å². The number of rotatable bonds is 5. The predicted octanol–water partition coefficient (Wildman–Crippen LogP) is 1.57. The standard InChI is InChI=1S/C13H27NO4/c1-12(2,3)17-10(15)8-7-9(14)11(16)18-13(4,5)6/h9-10,15H,7-8,14H2,1-6H3. The average Bonchev–Trinajstić information content (AvgIpc) is 2.08. The number of aliphatic hydroxyl groups excluding tert-OH is 1. The van der Waals surface area contributed by atoms with Crippen LogP contribution in [0, 0.1) is 0 Å². The van der Waals surface area contributed by atoms with Gasteiger partial charge in [-0.25, -0.2) is 0 Å². The Kier molecular flexibility index (Phi) is 6.26. The zero-order valence-corrected chi connectivity index (χ0v) is 12.3. The van der Waals surface area contributed by atoms with Crippen LogP contribution >= 0.6 is 0 Å². The normalized spacial score (nSPS) is 16.2. The zero-order valence-electron chi connectivity index (χ0n) is 12.3. The molecule has 0 bridgehead atoms. The van der Waals surface area contributed by atoms with E-state index in [9.17, 15) is 9.90 Å². The minimum absolute atomic E-state index is 0.303. The molecule has 18 heavy (non-hydrogen) atoms. The molecule has 0 aromatic heterocycles. The Bertz CT molecular complexity index is 265. The predicted molar refractivity (Wildman–Crippen MR) is 69.9 cm³/mol. The third kappa shape index (κ3) is 9.39. The fourth-order valence-electron chi connectivity index (χ4n) is 1.28. The molecule has 5 nitrogen and oxygen atoms in total. The summed E-state index contributed by atoms with van der Waals surface area (Å²) < 4.78 is 10.5. The van der Waals surface area contributed by atoms with Crippen molar-refractivity contribution in [1.82, 2.24) is 0 Å². The van der Waals surface area contributed by atoms with Gasteiger partial charge in [-0.3, -0.25) is 4.79 Å². The van der Waals surface area contributed by atoms with Gasteiger partial charge in [0.15, 0.2) is 6.29 Å². The third-order valence-electron chi connectivity index (χ3n) is 1.92. The lowest BCUT2D eigenvalue weighted by Gasteiger charge is -2.25. The van der Waals surface area contributed by atoms with E-state index >= 15 is 0 Å². The highest BCUT2D eigenvalue weighted by atomic mass is 16.6. The molecule has 2 unspecified atom stereocenters. The Labute approximate surface area is 110 Å². The first kappa shape index (κ1) is 17.4. The van der Waals surface area contributed by atoms with Crippen LogP contribution in [-0.4, -0.2) is 34.6 Å². The largest absolute Gasteiger partial charge is 0.459 e. The summed E-state index contributed by atoms with van der Waals surface area (Å²) >= 11 is 0. The van der Waals surface area contributed by atoms with Gasteiger partial charge in [-0.1, -0.05) is 0 Å². The van der Waals surface area contributed by atoms with Crippen LogP contribution in [0.25, 0.3) is 0 Å². The van der Waals surface area contributed by atoms with E-state index < -0.39 is 29.5 Å². The van der Waals surface area contributed by atoms with Crippen LogP contribution in [0.4, 0.5) is 0 Å². The number of carbonyl (C=O) groups is 1. The summed E-state index contributed by atoms with van der Waals surface area (Å²) in [6.07, 6.45) is -0.289. The Morgan fingerprint density at radius 3 is 2.00 bits per heavy atom. The molecule has 0 amide bonds. The van der Waals surface area contributed by atoms with E-state index in [1.807, 2.05) is 20.8 Å². The van der Waals surface area contributed by atoms with Crippen LogP contribution in [0.1, 0.15) is 54.4 Å². The maximum Gasteiger partial charge on any atom is 0.323 e. The first-order valence-electron chi connectivity index (χ1n) is 6.25. The van der Waals surface area contributed by atoms with E-state index in [-0.39, 0.29) is 0 Å². The van der Waals surface area contributed by atoms with Gasteiger partial charge in [0.05, 0.1) is 5.60 Å². The highest BCUT2D eigenvalue weighted by molar-refractivity contribution is 5.75. The molecule has 0 radical (unpaired) electrons. The van der Waals surface area contributed by atoms with Gasteiger partial charge in [-0.15, -0.1) is 0 Å². The van der Waals surface area contributed by atoms with Crippen molar-refractivity contribution < 1.29 is 19.4 Å². The van der Waals surface area contributed by atoms with Crippen LogP contribution in [0.3, 0.4) is 0 Å². The molecule has 0 saturated carbocycles. The summed E-state index contributed by atoms with van der Waals surface area (Å²) in [7, 11) is 0. The van der Waals surface area contributed by atoms with Gasteiger partial charge in [-0.2, -0.15) is 0 Å². The van der Waals surface area contributed by atoms with Gasteiger partial charge in [-0.05, 0) is 48.0 Å². The minimum atomic E-state index is -0.918.